The fraction of sp³-hybridized carbons (Fsp3) is 0.400. The first-order valence-electron chi connectivity index (χ1n) is 6.61. The second-order valence-electron chi connectivity index (χ2n) is 4.85. The van der Waals surface area contributed by atoms with Crippen molar-refractivity contribution in [3.8, 4) is 0 Å². The van der Waals surface area contributed by atoms with E-state index < -0.39 is 0 Å². The van der Waals surface area contributed by atoms with Crippen LogP contribution in [0.3, 0.4) is 0 Å². The van der Waals surface area contributed by atoms with Crippen molar-refractivity contribution in [1.29, 1.82) is 0 Å². The van der Waals surface area contributed by atoms with Crippen molar-refractivity contribution >= 4 is 16.8 Å². The Balaban J connectivity index is 2.11. The first kappa shape index (κ1) is 14.6. The average Bonchev–Trinajstić information content (AvgIpc) is 2.75. The SMILES string of the molecule is COCC(CO)NC(=O)Cc1c(C)[nH]c2ccccc12. The number of aromatic nitrogens is 1. The molecule has 0 aliphatic heterocycles. The van der Waals surface area contributed by atoms with E-state index in [9.17, 15) is 4.79 Å². The van der Waals surface area contributed by atoms with Crippen molar-refractivity contribution in [3.63, 3.8) is 0 Å². The maximum Gasteiger partial charge on any atom is 0.224 e. The zero-order valence-corrected chi connectivity index (χ0v) is 11.8. The quantitative estimate of drug-likeness (QED) is 0.740. The number of hydrogen-bond donors (Lipinski definition) is 3. The molecule has 0 fully saturated rings. The van der Waals surface area contributed by atoms with Crippen LogP contribution in [0.2, 0.25) is 0 Å². The second kappa shape index (κ2) is 6.54. The Labute approximate surface area is 117 Å². The number of nitrogens with one attached hydrogen (secondary N) is 2. The molecule has 1 unspecified atom stereocenters. The largest absolute Gasteiger partial charge is 0.394 e. The fourth-order valence-electron chi connectivity index (χ4n) is 2.34. The molecule has 2 rings (SSSR count). The van der Waals surface area contributed by atoms with Crippen molar-refractivity contribution < 1.29 is 14.6 Å². The summed E-state index contributed by atoms with van der Waals surface area (Å²) in [4.78, 5) is 15.3. The molecule has 0 saturated heterocycles. The van der Waals surface area contributed by atoms with Gasteiger partial charge in [0.1, 0.15) is 0 Å². The van der Waals surface area contributed by atoms with Crippen LogP contribution < -0.4 is 5.32 Å². The monoisotopic (exact) mass is 276 g/mol. The molecule has 0 bridgehead atoms. The van der Waals surface area contributed by atoms with Gasteiger partial charge in [0.2, 0.25) is 5.91 Å². The summed E-state index contributed by atoms with van der Waals surface area (Å²) < 4.78 is 4.94. The third-order valence-corrected chi connectivity index (χ3v) is 3.32. The van der Waals surface area contributed by atoms with Gasteiger partial charge in [-0.05, 0) is 18.6 Å². The molecule has 1 amide bonds. The molecular weight excluding hydrogens is 256 g/mol. The first-order chi connectivity index (χ1) is 9.65. The number of aryl methyl sites for hydroxylation is 1. The van der Waals surface area contributed by atoms with Crippen LogP contribution in [0.1, 0.15) is 11.3 Å². The number of amides is 1. The van der Waals surface area contributed by atoms with E-state index in [2.05, 4.69) is 10.3 Å². The van der Waals surface area contributed by atoms with Gasteiger partial charge in [0.05, 0.1) is 25.7 Å². The number of methoxy groups -OCH3 is 1. The van der Waals surface area contributed by atoms with E-state index in [1.54, 1.807) is 7.11 Å². The summed E-state index contributed by atoms with van der Waals surface area (Å²) >= 11 is 0. The van der Waals surface area contributed by atoms with Crippen molar-refractivity contribution in [3.05, 3.63) is 35.5 Å². The second-order valence-corrected chi connectivity index (χ2v) is 4.85. The molecule has 20 heavy (non-hydrogen) atoms. The summed E-state index contributed by atoms with van der Waals surface area (Å²) in [6.45, 7) is 2.13. The molecule has 0 radical (unpaired) electrons. The van der Waals surface area contributed by atoms with Gasteiger partial charge in [-0.15, -0.1) is 0 Å². The summed E-state index contributed by atoms with van der Waals surface area (Å²) in [5, 5.41) is 13.0. The van der Waals surface area contributed by atoms with Gasteiger partial charge >= 0.3 is 0 Å². The molecule has 1 heterocycles. The van der Waals surface area contributed by atoms with Gasteiger partial charge in [-0.2, -0.15) is 0 Å². The average molecular weight is 276 g/mol. The Morgan fingerprint density at radius 3 is 2.90 bits per heavy atom. The van der Waals surface area contributed by atoms with Crippen LogP contribution >= 0.6 is 0 Å². The number of ether oxygens (including phenoxy) is 1. The Kier molecular flexibility index (Phi) is 4.76. The van der Waals surface area contributed by atoms with Crippen LogP contribution in [0.4, 0.5) is 0 Å². The van der Waals surface area contributed by atoms with Crippen LogP contribution in [-0.4, -0.2) is 42.4 Å². The lowest BCUT2D eigenvalue weighted by molar-refractivity contribution is -0.121. The van der Waals surface area contributed by atoms with Crippen molar-refractivity contribution in [1.82, 2.24) is 10.3 Å². The summed E-state index contributed by atoms with van der Waals surface area (Å²) in [5.41, 5.74) is 3.02. The van der Waals surface area contributed by atoms with Gasteiger partial charge in [-0.1, -0.05) is 18.2 Å². The number of aromatic amines is 1. The predicted octanol–water partition coefficient (Wildman–Crippen LogP) is 1.14. The van der Waals surface area contributed by atoms with E-state index in [4.69, 9.17) is 9.84 Å². The van der Waals surface area contributed by atoms with Gasteiger partial charge in [-0.25, -0.2) is 0 Å². The molecule has 3 N–H and O–H groups in total. The fourth-order valence-corrected chi connectivity index (χ4v) is 2.34. The van der Waals surface area contributed by atoms with Gasteiger partial charge < -0.3 is 20.1 Å². The van der Waals surface area contributed by atoms with Gasteiger partial charge in [-0.3, -0.25) is 4.79 Å². The van der Waals surface area contributed by atoms with Crippen LogP contribution in [0.25, 0.3) is 10.9 Å². The lowest BCUT2D eigenvalue weighted by atomic mass is 10.1. The standard InChI is InChI=1S/C15H20N2O3/c1-10-13(12-5-3-4-6-14(12)16-10)7-15(19)17-11(8-18)9-20-2/h3-6,11,16,18H,7-9H2,1-2H3,(H,17,19). The molecule has 0 aliphatic rings. The Bertz CT molecular complexity index is 592. The number of hydrogen-bond acceptors (Lipinski definition) is 3. The maximum absolute atomic E-state index is 12.1. The highest BCUT2D eigenvalue weighted by Gasteiger charge is 2.15. The number of carbonyl (C=O) groups excluding carboxylic acids is 1. The molecule has 1 aromatic heterocycles. The summed E-state index contributed by atoms with van der Waals surface area (Å²) in [7, 11) is 1.54. The van der Waals surface area contributed by atoms with E-state index >= 15 is 0 Å². The van der Waals surface area contributed by atoms with Crippen molar-refractivity contribution in [2.24, 2.45) is 0 Å². The van der Waals surface area contributed by atoms with E-state index in [1.165, 1.54) is 0 Å². The first-order valence-corrected chi connectivity index (χ1v) is 6.61. The molecule has 0 spiro atoms. The van der Waals surface area contributed by atoms with E-state index in [0.29, 0.717) is 6.61 Å². The number of para-hydroxylation sites is 1. The van der Waals surface area contributed by atoms with Crippen LogP contribution in [0.15, 0.2) is 24.3 Å². The minimum Gasteiger partial charge on any atom is -0.394 e. The van der Waals surface area contributed by atoms with Crippen molar-refractivity contribution in [2.45, 2.75) is 19.4 Å². The molecular formula is C15H20N2O3. The lowest BCUT2D eigenvalue weighted by Crippen LogP contribution is -2.41. The molecule has 2 aromatic rings. The Morgan fingerprint density at radius 1 is 1.45 bits per heavy atom. The number of rotatable bonds is 6. The number of aliphatic hydroxyl groups excluding tert-OH is 1. The highest BCUT2D eigenvalue weighted by molar-refractivity contribution is 5.90. The highest BCUT2D eigenvalue weighted by Crippen LogP contribution is 2.22. The number of aliphatic hydroxyl groups is 1. The molecule has 5 nitrogen and oxygen atoms in total. The Morgan fingerprint density at radius 2 is 2.20 bits per heavy atom. The number of fused-ring (bicyclic) bond motifs is 1. The van der Waals surface area contributed by atoms with Gasteiger partial charge in [0.15, 0.2) is 0 Å². The van der Waals surface area contributed by atoms with Crippen LogP contribution in [0, 0.1) is 6.92 Å². The predicted molar refractivity (Wildman–Crippen MR) is 77.6 cm³/mol. The number of benzene rings is 1. The van der Waals surface area contributed by atoms with Crippen LogP contribution in [-0.2, 0) is 16.0 Å². The zero-order valence-electron chi connectivity index (χ0n) is 11.8. The minimum atomic E-state index is -0.363. The lowest BCUT2D eigenvalue weighted by Gasteiger charge is -2.15. The molecule has 1 atom stereocenters. The molecule has 5 heteroatoms. The smallest absolute Gasteiger partial charge is 0.224 e. The number of carbonyl (C=O) groups is 1. The molecule has 0 aliphatic carbocycles. The molecule has 108 valence electrons. The van der Waals surface area contributed by atoms with E-state index in [-0.39, 0.29) is 25.0 Å². The molecule has 0 saturated carbocycles. The normalized spacial score (nSPS) is 12.6. The topological polar surface area (TPSA) is 74.3 Å². The summed E-state index contributed by atoms with van der Waals surface area (Å²) in [6, 6.07) is 7.55. The third kappa shape index (κ3) is 3.18. The summed E-state index contributed by atoms with van der Waals surface area (Å²) in [6.07, 6.45) is 0.288. The Hall–Kier alpha value is -1.85. The van der Waals surface area contributed by atoms with Crippen LogP contribution in [0.5, 0.6) is 0 Å². The van der Waals surface area contributed by atoms with E-state index in [0.717, 1.165) is 22.2 Å². The third-order valence-electron chi connectivity index (χ3n) is 3.32. The highest BCUT2D eigenvalue weighted by atomic mass is 16.5. The number of H-pyrrole nitrogens is 1. The van der Waals surface area contributed by atoms with E-state index in [1.807, 2.05) is 31.2 Å². The maximum atomic E-state index is 12.1. The molecule has 1 aromatic carbocycles. The van der Waals surface area contributed by atoms with Crippen molar-refractivity contribution in [2.75, 3.05) is 20.3 Å². The zero-order chi connectivity index (χ0) is 14.5. The van der Waals surface area contributed by atoms with Gasteiger partial charge in [0.25, 0.3) is 0 Å². The summed E-state index contributed by atoms with van der Waals surface area (Å²) in [5.74, 6) is -0.117. The van der Waals surface area contributed by atoms with Gasteiger partial charge in [0, 0.05) is 23.7 Å². The minimum absolute atomic E-state index is 0.117.